The lowest BCUT2D eigenvalue weighted by Gasteiger charge is -2.35. The molecule has 0 bridgehead atoms. The summed E-state index contributed by atoms with van der Waals surface area (Å²) in [7, 11) is 1.61. The molecule has 3 rings (SSSR count). The van der Waals surface area contributed by atoms with E-state index in [1.54, 1.807) is 13.2 Å². The Morgan fingerprint density at radius 3 is 2.50 bits per heavy atom. The van der Waals surface area contributed by atoms with E-state index in [9.17, 15) is 9.59 Å². The van der Waals surface area contributed by atoms with Gasteiger partial charge in [0.15, 0.2) is 0 Å². The number of carbonyl (C=O) groups excluding carboxylic acids is 2. The van der Waals surface area contributed by atoms with Crippen LogP contribution in [0.3, 0.4) is 0 Å². The first-order valence-corrected chi connectivity index (χ1v) is 12.4. The maximum Gasteiger partial charge on any atom is 0.319 e. The molecule has 7 nitrogen and oxygen atoms in total. The smallest absolute Gasteiger partial charge is 0.319 e. The van der Waals surface area contributed by atoms with Crippen LogP contribution in [0.15, 0.2) is 48.5 Å². The Morgan fingerprint density at radius 2 is 1.79 bits per heavy atom. The van der Waals surface area contributed by atoms with Crippen molar-refractivity contribution in [1.82, 2.24) is 10.6 Å². The van der Waals surface area contributed by atoms with Crippen LogP contribution in [0.25, 0.3) is 0 Å². The summed E-state index contributed by atoms with van der Waals surface area (Å²) >= 11 is 0. The molecular weight excluding hydrogens is 428 g/mol. The second-order valence-electron chi connectivity index (χ2n) is 8.84. The van der Waals surface area contributed by atoms with Crippen molar-refractivity contribution >= 4 is 23.3 Å². The third kappa shape index (κ3) is 7.76. The van der Waals surface area contributed by atoms with Gasteiger partial charge >= 0.3 is 6.03 Å². The van der Waals surface area contributed by atoms with E-state index in [0.29, 0.717) is 36.9 Å². The highest BCUT2D eigenvalue weighted by Crippen LogP contribution is 2.30. The predicted molar refractivity (Wildman–Crippen MR) is 138 cm³/mol. The van der Waals surface area contributed by atoms with Gasteiger partial charge in [-0.3, -0.25) is 4.79 Å². The zero-order valence-corrected chi connectivity index (χ0v) is 20.4. The molecule has 1 aliphatic rings. The van der Waals surface area contributed by atoms with E-state index in [0.717, 1.165) is 50.9 Å². The van der Waals surface area contributed by atoms with Gasteiger partial charge in [0.1, 0.15) is 0 Å². The first kappa shape index (κ1) is 25.6. The van der Waals surface area contributed by atoms with Gasteiger partial charge in [0.05, 0.1) is 12.2 Å². The van der Waals surface area contributed by atoms with Crippen LogP contribution in [0.2, 0.25) is 0 Å². The summed E-state index contributed by atoms with van der Waals surface area (Å²) in [6, 6.07) is 16.0. The normalized spacial score (nSPS) is 14.0. The monoisotopic (exact) mass is 466 g/mol. The molecule has 0 atom stereocenters. The second kappa shape index (κ2) is 13.6. The molecule has 0 saturated carbocycles. The summed E-state index contributed by atoms with van der Waals surface area (Å²) < 4.78 is 5.07. The molecule has 0 aromatic heterocycles. The van der Waals surface area contributed by atoms with Gasteiger partial charge in [-0.2, -0.15) is 0 Å². The van der Waals surface area contributed by atoms with Crippen molar-refractivity contribution in [2.75, 3.05) is 50.1 Å². The van der Waals surface area contributed by atoms with Crippen LogP contribution in [-0.2, 0) is 11.2 Å². The number of amides is 3. The molecule has 2 aromatic carbocycles. The molecule has 3 amide bonds. The van der Waals surface area contributed by atoms with E-state index in [2.05, 4.69) is 58.1 Å². The molecule has 184 valence electrons. The topological polar surface area (TPSA) is 82.7 Å². The van der Waals surface area contributed by atoms with E-state index < -0.39 is 0 Å². The summed E-state index contributed by atoms with van der Waals surface area (Å²) in [4.78, 5) is 27.5. The molecule has 0 spiro atoms. The molecule has 1 saturated heterocycles. The summed E-state index contributed by atoms with van der Waals surface area (Å²) in [5, 5.41) is 8.63. The lowest BCUT2D eigenvalue weighted by atomic mass is 9.89. The number of rotatable bonds is 11. The van der Waals surface area contributed by atoms with Gasteiger partial charge in [-0.15, -0.1) is 0 Å². The Kier molecular flexibility index (Phi) is 10.2. The largest absolute Gasteiger partial charge is 0.383 e. The van der Waals surface area contributed by atoms with Crippen molar-refractivity contribution in [2.24, 2.45) is 5.92 Å². The first-order chi connectivity index (χ1) is 16.6. The quantitative estimate of drug-likeness (QED) is 0.428. The number of nitrogens with zero attached hydrogens (tertiary/aromatic N) is 1. The lowest BCUT2D eigenvalue weighted by Crippen LogP contribution is -2.36. The number of anilines is 2. The number of carbonyl (C=O) groups is 2. The highest BCUT2D eigenvalue weighted by atomic mass is 16.5. The van der Waals surface area contributed by atoms with Crippen LogP contribution < -0.4 is 20.9 Å². The molecule has 7 heteroatoms. The Labute approximate surface area is 203 Å². The number of piperidine rings is 1. The first-order valence-electron chi connectivity index (χ1n) is 12.4. The Morgan fingerprint density at radius 1 is 1.03 bits per heavy atom. The fraction of sp³-hybridized carbons (Fsp3) is 0.481. The van der Waals surface area contributed by atoms with E-state index in [1.807, 2.05) is 12.1 Å². The Balaban J connectivity index is 1.68. The van der Waals surface area contributed by atoms with Gasteiger partial charge in [0, 0.05) is 44.7 Å². The van der Waals surface area contributed by atoms with E-state index in [-0.39, 0.29) is 11.9 Å². The predicted octanol–water partition coefficient (Wildman–Crippen LogP) is 4.44. The third-order valence-corrected chi connectivity index (χ3v) is 6.23. The maximum atomic E-state index is 13.0. The molecule has 1 aliphatic heterocycles. The number of hydrogen-bond acceptors (Lipinski definition) is 4. The zero-order chi connectivity index (χ0) is 24.2. The Hall–Kier alpha value is -3.06. The van der Waals surface area contributed by atoms with Crippen LogP contribution in [0.5, 0.6) is 0 Å². The van der Waals surface area contributed by atoms with Crippen molar-refractivity contribution < 1.29 is 14.3 Å². The molecular formula is C27H38N4O3. The maximum absolute atomic E-state index is 13.0. The van der Waals surface area contributed by atoms with Gasteiger partial charge in [-0.1, -0.05) is 43.7 Å². The minimum absolute atomic E-state index is 0.159. The number of ether oxygens (including phenoxy) is 1. The number of hydrogen-bond donors (Lipinski definition) is 3. The number of unbranched alkanes of at least 4 members (excludes halogenated alkanes) is 1. The molecule has 0 aliphatic carbocycles. The molecule has 2 aromatic rings. The summed E-state index contributed by atoms with van der Waals surface area (Å²) in [6.45, 7) is 5.40. The van der Waals surface area contributed by atoms with Gasteiger partial charge in [0.2, 0.25) is 0 Å². The number of urea groups is 1. The van der Waals surface area contributed by atoms with E-state index in [4.69, 9.17) is 4.74 Å². The molecule has 1 fully saturated rings. The molecule has 0 unspecified atom stereocenters. The second-order valence-corrected chi connectivity index (χ2v) is 8.84. The zero-order valence-electron chi connectivity index (χ0n) is 20.4. The van der Waals surface area contributed by atoms with E-state index >= 15 is 0 Å². The van der Waals surface area contributed by atoms with Gasteiger partial charge in [-0.05, 0) is 55.4 Å². The van der Waals surface area contributed by atoms with Crippen LogP contribution in [0.4, 0.5) is 16.2 Å². The van der Waals surface area contributed by atoms with Gasteiger partial charge in [-0.25, -0.2) is 4.79 Å². The standard InChI is InChI=1S/C27H38N4O3/c1-3-4-14-29-27(33)30-23-10-11-25(24(20-23)26(32)28-15-18-34-2)31-16-12-22(13-17-31)19-21-8-6-5-7-9-21/h5-11,20,22H,3-4,12-19H2,1-2H3,(H,28,32)(H2,29,30,33). The minimum Gasteiger partial charge on any atom is -0.383 e. The molecule has 34 heavy (non-hydrogen) atoms. The average molecular weight is 467 g/mol. The van der Waals surface area contributed by atoms with Crippen molar-refractivity contribution in [3.05, 3.63) is 59.7 Å². The number of methoxy groups -OCH3 is 1. The van der Waals surface area contributed by atoms with E-state index in [1.165, 1.54) is 5.56 Å². The number of benzene rings is 2. The SMILES string of the molecule is CCCCNC(=O)Nc1ccc(N2CCC(Cc3ccccc3)CC2)c(C(=O)NCCOC)c1. The molecule has 1 heterocycles. The average Bonchev–Trinajstić information content (AvgIpc) is 2.85. The van der Waals surface area contributed by atoms with Crippen LogP contribution in [0.1, 0.15) is 48.5 Å². The van der Waals surface area contributed by atoms with Crippen LogP contribution in [0, 0.1) is 5.92 Å². The van der Waals surface area contributed by atoms with Gasteiger partial charge in [0.25, 0.3) is 5.91 Å². The minimum atomic E-state index is -0.256. The van der Waals surface area contributed by atoms with Crippen molar-refractivity contribution in [2.45, 2.75) is 39.0 Å². The highest BCUT2D eigenvalue weighted by molar-refractivity contribution is 6.02. The van der Waals surface area contributed by atoms with Crippen LogP contribution in [-0.4, -0.2) is 51.8 Å². The van der Waals surface area contributed by atoms with Crippen molar-refractivity contribution in [1.29, 1.82) is 0 Å². The summed E-state index contributed by atoms with van der Waals surface area (Å²) in [5.41, 5.74) is 3.47. The summed E-state index contributed by atoms with van der Waals surface area (Å²) in [6.07, 6.45) is 5.20. The fourth-order valence-corrected chi connectivity index (χ4v) is 4.31. The number of nitrogens with one attached hydrogen (secondary N) is 3. The van der Waals surface area contributed by atoms with Crippen molar-refractivity contribution in [3.8, 4) is 0 Å². The van der Waals surface area contributed by atoms with Gasteiger partial charge < -0.3 is 25.6 Å². The van der Waals surface area contributed by atoms with Crippen LogP contribution >= 0.6 is 0 Å². The summed E-state index contributed by atoms with van der Waals surface area (Å²) in [5.74, 6) is 0.485. The lowest BCUT2D eigenvalue weighted by molar-refractivity contribution is 0.0937. The fourth-order valence-electron chi connectivity index (χ4n) is 4.31. The molecule has 3 N–H and O–H groups in total. The Bertz CT molecular complexity index is 911. The highest BCUT2D eigenvalue weighted by Gasteiger charge is 2.23. The van der Waals surface area contributed by atoms with Crippen molar-refractivity contribution in [3.63, 3.8) is 0 Å². The third-order valence-electron chi connectivity index (χ3n) is 6.23. The molecule has 0 radical (unpaired) electrons.